The van der Waals surface area contributed by atoms with Crippen molar-refractivity contribution in [2.75, 3.05) is 13.3 Å². The maximum Gasteiger partial charge on any atom is 0.262 e. The van der Waals surface area contributed by atoms with Crippen LogP contribution in [0.25, 0.3) is 5.57 Å². The van der Waals surface area contributed by atoms with E-state index in [-0.39, 0.29) is 17.0 Å². The summed E-state index contributed by atoms with van der Waals surface area (Å²) in [5.74, 6) is 0. The second kappa shape index (κ2) is 9.89. The van der Waals surface area contributed by atoms with Crippen LogP contribution in [0.5, 0.6) is 0 Å². The number of likely N-dealkylation sites (N-methyl/N-ethyl adjacent to an activating group) is 1. The summed E-state index contributed by atoms with van der Waals surface area (Å²) in [4.78, 5) is 26.9. The molecule has 1 atom stereocenters. The number of nitrogens with one attached hydrogen (secondary N) is 2. The zero-order chi connectivity index (χ0) is 20.7. The van der Waals surface area contributed by atoms with Gasteiger partial charge in [0.15, 0.2) is 0 Å². The van der Waals surface area contributed by atoms with Crippen LogP contribution in [-0.4, -0.2) is 30.6 Å². The largest absolute Gasteiger partial charge is 0.321 e. The second-order valence-corrected chi connectivity index (χ2v) is 8.66. The molecule has 1 aromatic carbocycles. The van der Waals surface area contributed by atoms with Gasteiger partial charge in [-0.05, 0) is 48.4 Å². The zero-order valence-electron chi connectivity index (χ0n) is 17.3. The minimum atomic E-state index is -0.0869. The first kappa shape index (κ1) is 22.2. The topological polar surface area (TPSA) is 62.0 Å². The van der Waals surface area contributed by atoms with Gasteiger partial charge >= 0.3 is 0 Å². The highest BCUT2D eigenvalue weighted by Crippen LogP contribution is 2.27. The number of carbonyl (C=O) groups excluding carboxylic acids is 1. The van der Waals surface area contributed by atoms with Crippen LogP contribution < -0.4 is 10.9 Å². The van der Waals surface area contributed by atoms with Gasteiger partial charge in [0.25, 0.3) is 5.56 Å². The molecule has 0 amide bonds. The van der Waals surface area contributed by atoms with E-state index in [1.165, 1.54) is 17.3 Å². The highest BCUT2D eigenvalue weighted by molar-refractivity contribution is 7.98. The molecule has 0 unspecified atom stereocenters. The first-order chi connectivity index (χ1) is 13.3. The first-order valence-electron chi connectivity index (χ1n) is 9.51. The lowest BCUT2D eigenvalue weighted by molar-refractivity contribution is -0.108. The Labute approximate surface area is 171 Å². The molecular formula is C23H30N2O2S. The summed E-state index contributed by atoms with van der Waals surface area (Å²) < 4.78 is 0. The number of hydrogen-bond donors (Lipinski definition) is 2. The lowest BCUT2D eigenvalue weighted by Crippen LogP contribution is -2.23. The molecule has 4 nitrogen and oxygen atoms in total. The van der Waals surface area contributed by atoms with Crippen molar-refractivity contribution in [1.29, 1.82) is 0 Å². The van der Waals surface area contributed by atoms with Gasteiger partial charge in [0, 0.05) is 23.7 Å². The number of hydrogen-bond acceptors (Lipinski definition) is 4. The Hall–Kier alpha value is -2.11. The van der Waals surface area contributed by atoms with Crippen molar-refractivity contribution in [1.82, 2.24) is 10.3 Å². The monoisotopic (exact) mass is 398 g/mol. The highest BCUT2D eigenvalue weighted by atomic mass is 32.2. The van der Waals surface area contributed by atoms with E-state index in [2.05, 4.69) is 61.4 Å². The molecule has 2 rings (SSSR count). The Morgan fingerprint density at radius 3 is 2.36 bits per heavy atom. The van der Waals surface area contributed by atoms with E-state index in [0.29, 0.717) is 17.7 Å². The van der Waals surface area contributed by atoms with E-state index in [1.54, 1.807) is 0 Å². The third kappa shape index (κ3) is 5.69. The van der Waals surface area contributed by atoms with E-state index in [1.807, 2.05) is 25.4 Å². The Bertz CT molecular complexity index is 877. The maximum atomic E-state index is 12.4. The Morgan fingerprint density at radius 1 is 1.18 bits per heavy atom. The molecule has 0 bridgehead atoms. The van der Waals surface area contributed by atoms with Crippen LogP contribution in [-0.2, 0) is 10.2 Å². The quantitative estimate of drug-likeness (QED) is 0.511. The van der Waals surface area contributed by atoms with Gasteiger partial charge in [-0.25, -0.2) is 0 Å². The number of H-pyrrole nitrogens is 1. The van der Waals surface area contributed by atoms with Crippen molar-refractivity contribution in [3.63, 3.8) is 0 Å². The lowest BCUT2D eigenvalue weighted by atomic mass is 9.86. The zero-order valence-corrected chi connectivity index (χ0v) is 18.2. The number of thioether (sulfide) groups is 1. The molecule has 28 heavy (non-hydrogen) atoms. The van der Waals surface area contributed by atoms with E-state index in [9.17, 15) is 9.59 Å². The number of benzene rings is 1. The average Bonchev–Trinajstić information content (AvgIpc) is 2.67. The molecule has 0 spiro atoms. The predicted octanol–water partition coefficient (Wildman–Crippen LogP) is 4.39. The third-order valence-electron chi connectivity index (χ3n) is 4.78. The fourth-order valence-corrected chi connectivity index (χ4v) is 3.47. The third-order valence-corrected chi connectivity index (χ3v) is 5.54. The van der Waals surface area contributed by atoms with Crippen molar-refractivity contribution >= 4 is 23.6 Å². The second-order valence-electron chi connectivity index (χ2n) is 7.82. The van der Waals surface area contributed by atoms with Gasteiger partial charge < -0.3 is 15.1 Å². The highest BCUT2D eigenvalue weighted by Gasteiger charge is 2.15. The molecule has 150 valence electrons. The van der Waals surface area contributed by atoms with Crippen molar-refractivity contribution < 1.29 is 4.79 Å². The molecule has 1 heterocycles. The molecule has 0 saturated carbocycles. The van der Waals surface area contributed by atoms with Gasteiger partial charge in [-0.15, -0.1) is 11.8 Å². The number of rotatable bonds is 8. The minimum absolute atomic E-state index is 0.0335. The molecule has 0 saturated heterocycles. The summed E-state index contributed by atoms with van der Waals surface area (Å²) in [7, 11) is 1.88. The van der Waals surface area contributed by atoms with E-state index in [4.69, 9.17) is 0 Å². The van der Waals surface area contributed by atoms with Crippen LogP contribution in [0.3, 0.4) is 0 Å². The van der Waals surface area contributed by atoms with Crippen LogP contribution in [0.2, 0.25) is 0 Å². The molecule has 0 fully saturated rings. The molecule has 0 aliphatic heterocycles. The number of pyridine rings is 1. The molecular weight excluding hydrogens is 368 g/mol. The fourth-order valence-electron chi connectivity index (χ4n) is 3.03. The molecule has 2 aromatic rings. The van der Waals surface area contributed by atoms with Gasteiger partial charge in [-0.2, -0.15) is 0 Å². The molecule has 5 heteroatoms. The first-order valence-corrected chi connectivity index (χ1v) is 10.7. The van der Waals surface area contributed by atoms with Gasteiger partial charge in [-0.1, -0.05) is 51.1 Å². The van der Waals surface area contributed by atoms with Crippen molar-refractivity contribution in [3.8, 4) is 0 Å². The van der Waals surface area contributed by atoms with Gasteiger partial charge in [-0.3, -0.25) is 4.79 Å². The van der Waals surface area contributed by atoms with Crippen molar-refractivity contribution in [2.24, 2.45) is 0 Å². The standard InChI is InChI=1S/C23H30N2O2S/c1-23(2,3)17-10-8-16(9-11-17)19(15-18(24-4)7-6-14-26)20-12-13-21(28-5)22(27)25-20/h8-15,18,24H,6-7H2,1-5H3,(H,25,27)/b19-15+/t18-/m1/s1. The van der Waals surface area contributed by atoms with Crippen LogP contribution in [0.15, 0.2) is 52.2 Å². The van der Waals surface area contributed by atoms with Crippen LogP contribution in [0.4, 0.5) is 0 Å². The van der Waals surface area contributed by atoms with Crippen LogP contribution in [0.1, 0.15) is 50.4 Å². The fraction of sp³-hybridized carbons (Fsp3) is 0.391. The smallest absolute Gasteiger partial charge is 0.262 e. The number of aldehydes is 1. The average molecular weight is 399 g/mol. The predicted molar refractivity (Wildman–Crippen MR) is 119 cm³/mol. The summed E-state index contributed by atoms with van der Waals surface area (Å²) in [6.45, 7) is 6.57. The lowest BCUT2D eigenvalue weighted by Gasteiger charge is -2.20. The molecule has 1 aromatic heterocycles. The molecule has 0 radical (unpaired) electrons. The minimum Gasteiger partial charge on any atom is -0.321 e. The summed E-state index contributed by atoms with van der Waals surface area (Å²) in [5, 5.41) is 3.25. The SMILES string of the molecule is CN[C@@H](/C=C(\c1ccc(C(C)(C)C)cc1)c1ccc(SC)c(=O)[nH]1)CCC=O. The number of aromatic amines is 1. The van der Waals surface area contributed by atoms with E-state index >= 15 is 0 Å². The van der Waals surface area contributed by atoms with Crippen LogP contribution >= 0.6 is 11.8 Å². The van der Waals surface area contributed by atoms with Crippen molar-refractivity contribution in [2.45, 2.75) is 50.0 Å². The summed E-state index contributed by atoms with van der Waals surface area (Å²) in [6.07, 6.45) is 6.12. The summed E-state index contributed by atoms with van der Waals surface area (Å²) in [5.41, 5.74) is 4.01. The van der Waals surface area contributed by atoms with Gasteiger partial charge in [0.1, 0.15) is 6.29 Å². The summed E-state index contributed by atoms with van der Waals surface area (Å²) >= 11 is 1.43. The van der Waals surface area contributed by atoms with E-state index in [0.717, 1.165) is 23.1 Å². The van der Waals surface area contributed by atoms with Gasteiger partial charge in [0.05, 0.1) is 4.90 Å². The maximum absolute atomic E-state index is 12.4. The van der Waals surface area contributed by atoms with E-state index < -0.39 is 0 Å². The number of carbonyl (C=O) groups is 1. The van der Waals surface area contributed by atoms with Gasteiger partial charge in [0.2, 0.25) is 0 Å². The molecule has 0 aliphatic carbocycles. The Kier molecular flexibility index (Phi) is 7.84. The molecule has 0 aliphatic rings. The van der Waals surface area contributed by atoms with Crippen LogP contribution in [0, 0.1) is 0 Å². The normalized spacial score (nSPS) is 13.4. The summed E-state index contributed by atoms with van der Waals surface area (Å²) in [6, 6.07) is 12.3. The molecule has 2 N–H and O–H groups in total. The van der Waals surface area contributed by atoms with Crippen molar-refractivity contribution in [3.05, 3.63) is 69.6 Å². The Balaban J connectivity index is 2.54. The Morgan fingerprint density at radius 2 is 1.86 bits per heavy atom. The number of aromatic nitrogens is 1.